The van der Waals surface area contributed by atoms with Gasteiger partial charge in [-0.05, 0) is 37.6 Å². The Labute approximate surface area is 162 Å². The predicted molar refractivity (Wildman–Crippen MR) is 109 cm³/mol. The average molecular weight is 372 g/mol. The zero-order chi connectivity index (χ0) is 19.8. The van der Waals surface area contributed by atoms with Crippen LogP contribution in [0.2, 0.25) is 0 Å². The van der Waals surface area contributed by atoms with Gasteiger partial charge in [-0.3, -0.25) is 9.59 Å². The highest BCUT2D eigenvalue weighted by Crippen LogP contribution is 2.29. The fourth-order valence-corrected chi connectivity index (χ4v) is 3.48. The van der Waals surface area contributed by atoms with E-state index in [1.165, 1.54) is 0 Å². The maximum atomic E-state index is 12.7. The standard InChI is InChI=1S/C22H20N4O2/c1-12-18(13(2)24-19(12)22(28)23-3)21-25-16-10-9-15(11-17(16)26-21)20(27)14-7-5-4-6-8-14/h4-11,24H,1-3H3,(H,23,28)(H,25,26). The second-order valence-corrected chi connectivity index (χ2v) is 6.72. The van der Waals surface area contributed by atoms with Gasteiger partial charge in [-0.15, -0.1) is 0 Å². The number of aromatic amines is 2. The number of carbonyl (C=O) groups is 2. The van der Waals surface area contributed by atoms with Gasteiger partial charge < -0.3 is 15.3 Å². The molecule has 0 atom stereocenters. The van der Waals surface area contributed by atoms with Crippen LogP contribution >= 0.6 is 0 Å². The molecule has 6 nitrogen and oxygen atoms in total. The molecule has 6 heteroatoms. The number of amides is 1. The third-order valence-corrected chi connectivity index (χ3v) is 4.91. The summed E-state index contributed by atoms with van der Waals surface area (Å²) >= 11 is 0. The maximum absolute atomic E-state index is 12.7. The van der Waals surface area contributed by atoms with Crippen molar-refractivity contribution in [2.24, 2.45) is 0 Å². The largest absolute Gasteiger partial charge is 0.354 e. The quantitative estimate of drug-likeness (QED) is 0.476. The van der Waals surface area contributed by atoms with E-state index in [1.807, 2.05) is 44.2 Å². The zero-order valence-corrected chi connectivity index (χ0v) is 15.9. The average Bonchev–Trinajstić information content (AvgIpc) is 3.26. The van der Waals surface area contributed by atoms with Gasteiger partial charge in [-0.2, -0.15) is 0 Å². The molecule has 0 aliphatic rings. The molecule has 4 rings (SSSR count). The maximum Gasteiger partial charge on any atom is 0.267 e. The van der Waals surface area contributed by atoms with Crippen LogP contribution in [0, 0.1) is 13.8 Å². The molecule has 3 N–H and O–H groups in total. The normalized spacial score (nSPS) is 11.0. The van der Waals surface area contributed by atoms with Crippen molar-refractivity contribution in [2.75, 3.05) is 7.05 Å². The van der Waals surface area contributed by atoms with E-state index in [0.29, 0.717) is 22.6 Å². The van der Waals surface area contributed by atoms with E-state index in [4.69, 9.17) is 0 Å². The SMILES string of the molecule is CNC(=O)c1[nH]c(C)c(-c2nc3ccc(C(=O)c4ccccc4)cc3[nH]2)c1C. The smallest absolute Gasteiger partial charge is 0.267 e. The first-order valence-electron chi connectivity index (χ1n) is 9.00. The Bertz CT molecular complexity index is 1200. The Hall–Kier alpha value is -3.67. The zero-order valence-electron chi connectivity index (χ0n) is 15.9. The van der Waals surface area contributed by atoms with E-state index in [2.05, 4.69) is 20.3 Å². The van der Waals surface area contributed by atoms with Crippen LogP contribution in [0.5, 0.6) is 0 Å². The second-order valence-electron chi connectivity index (χ2n) is 6.72. The molecule has 0 aliphatic heterocycles. The highest BCUT2D eigenvalue weighted by atomic mass is 16.1. The van der Waals surface area contributed by atoms with Crippen molar-refractivity contribution in [3.63, 3.8) is 0 Å². The number of nitrogens with zero attached hydrogens (tertiary/aromatic N) is 1. The first-order chi connectivity index (χ1) is 13.5. The summed E-state index contributed by atoms with van der Waals surface area (Å²) < 4.78 is 0. The van der Waals surface area contributed by atoms with Crippen LogP contribution in [-0.2, 0) is 0 Å². The van der Waals surface area contributed by atoms with Crippen LogP contribution in [0.3, 0.4) is 0 Å². The van der Waals surface area contributed by atoms with Gasteiger partial charge in [0.25, 0.3) is 5.91 Å². The lowest BCUT2D eigenvalue weighted by Gasteiger charge is -2.00. The number of fused-ring (bicyclic) bond motifs is 1. The lowest BCUT2D eigenvalue weighted by molar-refractivity contribution is 0.0957. The van der Waals surface area contributed by atoms with E-state index in [0.717, 1.165) is 27.9 Å². The number of imidazole rings is 1. The molecule has 4 aromatic rings. The first-order valence-corrected chi connectivity index (χ1v) is 9.00. The minimum absolute atomic E-state index is 0.0328. The van der Waals surface area contributed by atoms with Crippen molar-refractivity contribution in [2.45, 2.75) is 13.8 Å². The van der Waals surface area contributed by atoms with Gasteiger partial charge in [0.15, 0.2) is 5.78 Å². The number of carbonyl (C=O) groups excluding carboxylic acids is 2. The monoisotopic (exact) mass is 372 g/mol. The van der Waals surface area contributed by atoms with E-state index >= 15 is 0 Å². The van der Waals surface area contributed by atoms with Crippen molar-refractivity contribution < 1.29 is 9.59 Å². The number of hydrogen-bond donors (Lipinski definition) is 3. The minimum atomic E-state index is -0.168. The molecule has 2 aromatic heterocycles. The van der Waals surface area contributed by atoms with Crippen LogP contribution in [0.4, 0.5) is 0 Å². The van der Waals surface area contributed by atoms with Gasteiger partial charge in [0, 0.05) is 29.4 Å². The summed E-state index contributed by atoms with van der Waals surface area (Å²) in [6.45, 7) is 3.80. The van der Waals surface area contributed by atoms with Gasteiger partial charge in [0.05, 0.1) is 11.0 Å². The number of rotatable bonds is 4. The molecule has 2 aromatic carbocycles. The molecule has 0 unspecified atom stereocenters. The second kappa shape index (κ2) is 6.81. The summed E-state index contributed by atoms with van der Waals surface area (Å²) in [5.41, 5.74) is 5.87. The summed E-state index contributed by atoms with van der Waals surface area (Å²) in [5, 5.41) is 2.64. The summed E-state index contributed by atoms with van der Waals surface area (Å²) in [4.78, 5) is 35.8. The molecule has 2 heterocycles. The minimum Gasteiger partial charge on any atom is -0.354 e. The number of aromatic nitrogens is 3. The number of hydrogen-bond acceptors (Lipinski definition) is 3. The molecule has 0 saturated carbocycles. The van der Waals surface area contributed by atoms with Crippen molar-refractivity contribution in [3.8, 4) is 11.4 Å². The number of ketones is 1. The Morgan fingerprint density at radius 1 is 0.964 bits per heavy atom. The molecular formula is C22H20N4O2. The summed E-state index contributed by atoms with van der Waals surface area (Å²) in [6, 6.07) is 14.6. The van der Waals surface area contributed by atoms with Crippen LogP contribution in [-0.4, -0.2) is 33.7 Å². The highest BCUT2D eigenvalue weighted by Gasteiger charge is 2.20. The number of nitrogens with one attached hydrogen (secondary N) is 3. The van der Waals surface area contributed by atoms with Crippen molar-refractivity contribution in [1.82, 2.24) is 20.3 Å². The fraction of sp³-hybridized carbons (Fsp3) is 0.136. The number of benzene rings is 2. The first kappa shape index (κ1) is 17.7. The van der Waals surface area contributed by atoms with Crippen LogP contribution in [0.25, 0.3) is 22.4 Å². The van der Waals surface area contributed by atoms with Crippen LogP contribution in [0.1, 0.15) is 37.7 Å². The van der Waals surface area contributed by atoms with Crippen molar-refractivity contribution in [3.05, 3.63) is 76.6 Å². The number of H-pyrrole nitrogens is 2. The van der Waals surface area contributed by atoms with Crippen molar-refractivity contribution in [1.29, 1.82) is 0 Å². The lowest BCUT2D eigenvalue weighted by Crippen LogP contribution is -2.19. The Balaban J connectivity index is 1.77. The Morgan fingerprint density at radius 3 is 2.43 bits per heavy atom. The van der Waals surface area contributed by atoms with Gasteiger partial charge >= 0.3 is 0 Å². The molecule has 140 valence electrons. The summed E-state index contributed by atoms with van der Waals surface area (Å²) in [6.07, 6.45) is 0. The van der Waals surface area contributed by atoms with Gasteiger partial charge in [-0.25, -0.2) is 4.98 Å². The molecule has 0 radical (unpaired) electrons. The van der Waals surface area contributed by atoms with Crippen LogP contribution in [0.15, 0.2) is 48.5 Å². The molecule has 28 heavy (non-hydrogen) atoms. The molecule has 0 bridgehead atoms. The highest BCUT2D eigenvalue weighted by molar-refractivity contribution is 6.10. The van der Waals surface area contributed by atoms with Gasteiger partial charge in [0.1, 0.15) is 11.5 Å². The molecule has 0 saturated heterocycles. The Kier molecular flexibility index (Phi) is 4.31. The topological polar surface area (TPSA) is 90.6 Å². The van der Waals surface area contributed by atoms with E-state index in [9.17, 15) is 9.59 Å². The number of aryl methyl sites for hydroxylation is 1. The third kappa shape index (κ3) is 2.89. The van der Waals surface area contributed by atoms with Gasteiger partial charge in [-0.1, -0.05) is 30.3 Å². The predicted octanol–water partition coefficient (Wildman–Crippen LogP) is 3.77. The van der Waals surface area contributed by atoms with E-state index in [-0.39, 0.29) is 11.7 Å². The molecule has 0 spiro atoms. The van der Waals surface area contributed by atoms with Crippen molar-refractivity contribution >= 4 is 22.7 Å². The molecule has 1 amide bonds. The van der Waals surface area contributed by atoms with E-state index in [1.54, 1.807) is 25.2 Å². The molecule has 0 aliphatic carbocycles. The Morgan fingerprint density at radius 2 is 1.71 bits per heavy atom. The fourth-order valence-electron chi connectivity index (χ4n) is 3.48. The molecule has 0 fully saturated rings. The third-order valence-electron chi connectivity index (χ3n) is 4.91. The lowest BCUT2D eigenvalue weighted by atomic mass is 10.0. The summed E-state index contributed by atoms with van der Waals surface area (Å²) in [7, 11) is 1.60. The van der Waals surface area contributed by atoms with Gasteiger partial charge in [0.2, 0.25) is 0 Å². The summed E-state index contributed by atoms with van der Waals surface area (Å²) in [5.74, 6) is 0.467. The van der Waals surface area contributed by atoms with E-state index < -0.39 is 0 Å². The van der Waals surface area contributed by atoms with Crippen LogP contribution < -0.4 is 5.32 Å². The molecular weight excluding hydrogens is 352 g/mol.